The van der Waals surface area contributed by atoms with Crippen LogP contribution in [-0.4, -0.2) is 64.9 Å². The first-order valence-electron chi connectivity index (χ1n) is 6.81. The van der Waals surface area contributed by atoms with Gasteiger partial charge >= 0.3 is 0 Å². The number of piperazine rings is 1. The van der Waals surface area contributed by atoms with Gasteiger partial charge in [0.2, 0.25) is 11.8 Å². The molecule has 1 saturated heterocycles. The van der Waals surface area contributed by atoms with E-state index in [0.717, 1.165) is 0 Å². The number of aliphatic hydroxyl groups is 1. The highest BCUT2D eigenvalue weighted by atomic mass is 35.5. The van der Waals surface area contributed by atoms with Crippen molar-refractivity contribution >= 4 is 35.0 Å². The zero-order valence-electron chi connectivity index (χ0n) is 11.6. The van der Waals surface area contributed by atoms with Crippen LogP contribution in [0.4, 0.5) is 5.69 Å². The van der Waals surface area contributed by atoms with Gasteiger partial charge in [-0.1, -0.05) is 11.6 Å². The molecule has 22 heavy (non-hydrogen) atoms. The van der Waals surface area contributed by atoms with Gasteiger partial charge in [-0.3, -0.25) is 14.4 Å². The summed E-state index contributed by atoms with van der Waals surface area (Å²) in [5.74, 6) is -1.10. The number of hydrogen-bond acceptors (Lipinski definition) is 4. The van der Waals surface area contributed by atoms with Crippen molar-refractivity contribution in [3.05, 3.63) is 28.8 Å². The van der Waals surface area contributed by atoms with Gasteiger partial charge in [0.15, 0.2) is 0 Å². The number of carbonyl (C=O) groups excluding carboxylic acids is 3. The SMILES string of the molecule is O=C1Nc2cc(Cl)ccc2C(=O)N2CCN(C(=O)CO)C[C@H]12. The number of aliphatic hydroxyl groups excluding tert-OH is 1. The Bertz CT molecular complexity index is 663. The van der Waals surface area contributed by atoms with Gasteiger partial charge in [0.05, 0.1) is 17.8 Å². The topological polar surface area (TPSA) is 90.0 Å². The molecule has 1 atom stereocenters. The molecule has 2 heterocycles. The molecule has 3 rings (SSSR count). The van der Waals surface area contributed by atoms with Crippen LogP contribution in [-0.2, 0) is 9.59 Å². The van der Waals surface area contributed by atoms with Gasteiger partial charge in [0, 0.05) is 18.1 Å². The highest BCUT2D eigenvalue weighted by Gasteiger charge is 2.40. The van der Waals surface area contributed by atoms with Crippen LogP contribution in [0.25, 0.3) is 0 Å². The summed E-state index contributed by atoms with van der Waals surface area (Å²) in [6.45, 7) is -0.0145. The van der Waals surface area contributed by atoms with Crippen LogP contribution >= 0.6 is 11.6 Å². The van der Waals surface area contributed by atoms with Crippen molar-refractivity contribution in [1.29, 1.82) is 0 Å². The molecular formula is C14H14ClN3O4. The van der Waals surface area contributed by atoms with Gasteiger partial charge < -0.3 is 20.2 Å². The molecule has 1 aromatic carbocycles. The van der Waals surface area contributed by atoms with Gasteiger partial charge in [0.1, 0.15) is 12.6 Å². The standard InChI is InChI=1S/C14H14ClN3O4/c15-8-1-2-9-10(5-8)16-13(21)11-6-17(12(20)7-19)3-4-18(11)14(9)22/h1-2,5,11,19H,3-4,6-7H2,(H,16,21)/t11-/m1/s1. The second-order valence-corrected chi connectivity index (χ2v) is 5.63. The number of nitrogens with one attached hydrogen (secondary N) is 1. The minimum atomic E-state index is -0.775. The van der Waals surface area contributed by atoms with Crippen molar-refractivity contribution in [1.82, 2.24) is 9.80 Å². The first kappa shape index (κ1) is 14.8. The van der Waals surface area contributed by atoms with E-state index in [9.17, 15) is 14.4 Å². The van der Waals surface area contributed by atoms with E-state index in [0.29, 0.717) is 16.3 Å². The van der Waals surface area contributed by atoms with Crippen molar-refractivity contribution in [3.63, 3.8) is 0 Å². The number of anilines is 1. The Balaban J connectivity index is 1.94. The van der Waals surface area contributed by atoms with E-state index in [1.807, 2.05) is 0 Å². The number of rotatable bonds is 1. The minimum Gasteiger partial charge on any atom is -0.387 e. The predicted molar refractivity (Wildman–Crippen MR) is 78.6 cm³/mol. The molecule has 0 saturated carbocycles. The number of amides is 3. The zero-order chi connectivity index (χ0) is 15.9. The molecular weight excluding hydrogens is 310 g/mol. The largest absolute Gasteiger partial charge is 0.387 e. The molecule has 1 aromatic rings. The summed E-state index contributed by atoms with van der Waals surface area (Å²) >= 11 is 5.90. The quantitative estimate of drug-likeness (QED) is 0.757. The van der Waals surface area contributed by atoms with Crippen LogP contribution in [0.3, 0.4) is 0 Å². The van der Waals surface area contributed by atoms with Crippen molar-refractivity contribution in [2.75, 3.05) is 31.6 Å². The lowest BCUT2D eigenvalue weighted by molar-refractivity contribution is -0.138. The van der Waals surface area contributed by atoms with Crippen molar-refractivity contribution in [2.45, 2.75) is 6.04 Å². The van der Waals surface area contributed by atoms with Gasteiger partial charge in [-0.05, 0) is 18.2 Å². The Hall–Kier alpha value is -2.12. The van der Waals surface area contributed by atoms with Gasteiger partial charge in [-0.25, -0.2) is 0 Å². The lowest BCUT2D eigenvalue weighted by Gasteiger charge is -2.39. The summed E-state index contributed by atoms with van der Waals surface area (Å²) in [6, 6.07) is 3.93. The van der Waals surface area contributed by atoms with Crippen LogP contribution in [0.2, 0.25) is 5.02 Å². The van der Waals surface area contributed by atoms with Gasteiger partial charge in [-0.15, -0.1) is 0 Å². The first-order chi connectivity index (χ1) is 10.5. The van der Waals surface area contributed by atoms with E-state index in [1.165, 1.54) is 15.9 Å². The number of benzene rings is 1. The van der Waals surface area contributed by atoms with Crippen molar-refractivity contribution < 1.29 is 19.5 Å². The Labute approximate surface area is 131 Å². The molecule has 0 spiro atoms. The van der Waals surface area contributed by atoms with Gasteiger partial charge in [0.25, 0.3) is 5.91 Å². The summed E-state index contributed by atoms with van der Waals surface area (Å²) in [5.41, 5.74) is 0.749. The van der Waals surface area contributed by atoms with Crippen molar-refractivity contribution in [2.24, 2.45) is 0 Å². The molecule has 0 bridgehead atoms. The Morgan fingerprint density at radius 2 is 2.14 bits per heavy atom. The molecule has 116 valence electrons. The average Bonchev–Trinajstić information content (AvgIpc) is 2.62. The van der Waals surface area contributed by atoms with Crippen LogP contribution in [0.5, 0.6) is 0 Å². The fourth-order valence-electron chi connectivity index (χ4n) is 2.75. The Kier molecular flexibility index (Phi) is 3.76. The molecule has 0 aliphatic carbocycles. The molecule has 2 N–H and O–H groups in total. The van der Waals surface area contributed by atoms with Crippen LogP contribution in [0.15, 0.2) is 18.2 Å². The molecule has 8 heteroatoms. The Morgan fingerprint density at radius 3 is 2.86 bits per heavy atom. The normalized spacial score (nSPS) is 20.9. The molecule has 3 amide bonds. The minimum absolute atomic E-state index is 0.0681. The molecule has 0 radical (unpaired) electrons. The molecule has 2 aliphatic heterocycles. The third-order valence-corrected chi connectivity index (χ3v) is 4.14. The van der Waals surface area contributed by atoms with E-state index in [2.05, 4.69) is 5.32 Å². The summed E-state index contributed by atoms with van der Waals surface area (Å²) in [4.78, 5) is 39.4. The monoisotopic (exact) mass is 323 g/mol. The van der Waals surface area contributed by atoms with Crippen LogP contribution < -0.4 is 5.32 Å². The van der Waals surface area contributed by atoms with E-state index in [1.54, 1.807) is 12.1 Å². The van der Waals surface area contributed by atoms with Crippen LogP contribution in [0, 0.1) is 0 Å². The third-order valence-electron chi connectivity index (χ3n) is 3.90. The number of halogens is 1. The maximum absolute atomic E-state index is 12.6. The number of fused-ring (bicyclic) bond motifs is 2. The highest BCUT2D eigenvalue weighted by molar-refractivity contribution is 6.31. The maximum atomic E-state index is 12.6. The van der Waals surface area contributed by atoms with E-state index < -0.39 is 18.6 Å². The smallest absolute Gasteiger partial charge is 0.256 e. The Morgan fingerprint density at radius 1 is 1.36 bits per heavy atom. The summed E-state index contributed by atoms with van der Waals surface area (Å²) in [7, 11) is 0. The number of carbonyl (C=O) groups is 3. The molecule has 0 unspecified atom stereocenters. The summed E-state index contributed by atoms with van der Waals surface area (Å²) in [6.07, 6.45) is 0. The number of nitrogens with zero attached hydrogens (tertiary/aromatic N) is 2. The predicted octanol–water partition coefficient (Wildman–Crippen LogP) is -0.0626. The highest BCUT2D eigenvalue weighted by Crippen LogP contribution is 2.27. The molecule has 0 aromatic heterocycles. The summed E-state index contributed by atoms with van der Waals surface area (Å²) in [5, 5.41) is 12.0. The lowest BCUT2D eigenvalue weighted by atomic mass is 10.1. The molecule has 7 nitrogen and oxygen atoms in total. The fourth-order valence-corrected chi connectivity index (χ4v) is 2.93. The number of hydrogen-bond donors (Lipinski definition) is 2. The van der Waals surface area contributed by atoms with Crippen LogP contribution in [0.1, 0.15) is 10.4 Å². The van der Waals surface area contributed by atoms with E-state index in [4.69, 9.17) is 16.7 Å². The third kappa shape index (κ3) is 2.42. The lowest BCUT2D eigenvalue weighted by Crippen LogP contribution is -2.59. The average molecular weight is 324 g/mol. The fraction of sp³-hybridized carbons (Fsp3) is 0.357. The molecule has 1 fully saturated rings. The van der Waals surface area contributed by atoms with E-state index >= 15 is 0 Å². The first-order valence-corrected chi connectivity index (χ1v) is 7.19. The van der Waals surface area contributed by atoms with E-state index in [-0.39, 0.29) is 31.4 Å². The summed E-state index contributed by atoms with van der Waals surface area (Å²) < 4.78 is 0. The molecule has 2 aliphatic rings. The van der Waals surface area contributed by atoms with Gasteiger partial charge in [-0.2, -0.15) is 0 Å². The zero-order valence-corrected chi connectivity index (χ0v) is 12.3. The maximum Gasteiger partial charge on any atom is 0.256 e. The van der Waals surface area contributed by atoms with Crippen molar-refractivity contribution in [3.8, 4) is 0 Å². The second-order valence-electron chi connectivity index (χ2n) is 5.19. The second kappa shape index (κ2) is 5.58.